The zero-order chi connectivity index (χ0) is 11.0. The van der Waals surface area contributed by atoms with Gasteiger partial charge in [-0.3, -0.25) is 4.90 Å². The Morgan fingerprint density at radius 3 is 2.47 bits per heavy atom. The summed E-state index contributed by atoms with van der Waals surface area (Å²) >= 11 is 0. The molecule has 1 saturated carbocycles. The molecule has 0 aliphatic heterocycles. The molecule has 1 aliphatic carbocycles. The van der Waals surface area contributed by atoms with E-state index in [0.29, 0.717) is 18.0 Å². The highest BCUT2D eigenvalue weighted by molar-refractivity contribution is 5.12. The first-order chi connectivity index (χ1) is 7.08. The monoisotopic (exact) mass is 208 g/mol. The Kier molecular flexibility index (Phi) is 2.85. The van der Waals surface area contributed by atoms with Crippen LogP contribution in [0.25, 0.3) is 0 Å². The number of nitrogens with two attached hydrogens (primary N) is 1. The Balaban J connectivity index is 2.13. The lowest BCUT2D eigenvalue weighted by Crippen LogP contribution is -2.42. The van der Waals surface area contributed by atoms with Gasteiger partial charge in [-0.1, -0.05) is 0 Å². The van der Waals surface area contributed by atoms with Crippen LogP contribution >= 0.6 is 0 Å². The first kappa shape index (κ1) is 10.7. The number of furan rings is 1. The molecule has 1 unspecified atom stereocenters. The highest BCUT2D eigenvalue weighted by Gasteiger charge is 2.36. The standard InChI is InChI=1S/C12H20N2O/c1-8-4-5-11(15-8)12(14(2)3)9-6-10(13)7-9/h4-5,9-10,12H,6-7,13H2,1-3H3. The van der Waals surface area contributed by atoms with E-state index in [4.69, 9.17) is 10.2 Å². The summed E-state index contributed by atoms with van der Waals surface area (Å²) in [6.45, 7) is 1.99. The van der Waals surface area contributed by atoms with Crippen molar-refractivity contribution in [2.24, 2.45) is 11.7 Å². The van der Waals surface area contributed by atoms with Gasteiger partial charge in [-0.15, -0.1) is 0 Å². The van der Waals surface area contributed by atoms with E-state index in [2.05, 4.69) is 25.1 Å². The van der Waals surface area contributed by atoms with Gasteiger partial charge in [0, 0.05) is 6.04 Å². The molecule has 1 aliphatic rings. The van der Waals surface area contributed by atoms with Gasteiger partial charge < -0.3 is 10.2 Å². The predicted molar refractivity (Wildman–Crippen MR) is 60.6 cm³/mol. The first-order valence-corrected chi connectivity index (χ1v) is 5.56. The van der Waals surface area contributed by atoms with E-state index >= 15 is 0 Å². The molecule has 3 heteroatoms. The third-order valence-electron chi connectivity index (χ3n) is 3.27. The zero-order valence-electron chi connectivity index (χ0n) is 9.73. The van der Waals surface area contributed by atoms with Gasteiger partial charge in [0.25, 0.3) is 0 Å². The summed E-state index contributed by atoms with van der Waals surface area (Å²) in [7, 11) is 4.21. The van der Waals surface area contributed by atoms with E-state index in [1.807, 2.05) is 13.0 Å². The molecule has 1 aromatic heterocycles. The van der Waals surface area contributed by atoms with Crippen LogP contribution < -0.4 is 5.73 Å². The second-order valence-electron chi connectivity index (χ2n) is 4.85. The lowest BCUT2D eigenvalue weighted by molar-refractivity contribution is 0.105. The smallest absolute Gasteiger partial charge is 0.121 e. The average Bonchev–Trinajstić information content (AvgIpc) is 2.49. The summed E-state index contributed by atoms with van der Waals surface area (Å²) in [5, 5.41) is 0. The van der Waals surface area contributed by atoms with Crippen molar-refractivity contribution in [3.05, 3.63) is 23.7 Å². The number of rotatable bonds is 3. The van der Waals surface area contributed by atoms with Gasteiger partial charge in [0.05, 0.1) is 6.04 Å². The Hall–Kier alpha value is -0.800. The van der Waals surface area contributed by atoms with Crippen molar-refractivity contribution in [2.75, 3.05) is 14.1 Å². The molecule has 0 saturated heterocycles. The summed E-state index contributed by atoms with van der Waals surface area (Å²) < 4.78 is 5.72. The van der Waals surface area contributed by atoms with Gasteiger partial charge in [0.15, 0.2) is 0 Å². The second kappa shape index (κ2) is 3.99. The van der Waals surface area contributed by atoms with Crippen LogP contribution in [0.4, 0.5) is 0 Å². The largest absolute Gasteiger partial charge is 0.465 e. The average molecular weight is 208 g/mol. The summed E-state index contributed by atoms with van der Waals surface area (Å²) in [6.07, 6.45) is 2.23. The molecule has 2 N–H and O–H groups in total. The molecule has 0 radical (unpaired) electrons. The summed E-state index contributed by atoms with van der Waals surface area (Å²) in [6, 6.07) is 4.90. The molecule has 15 heavy (non-hydrogen) atoms. The quantitative estimate of drug-likeness (QED) is 0.825. The molecule has 2 rings (SSSR count). The van der Waals surface area contributed by atoms with Crippen LogP contribution in [0.3, 0.4) is 0 Å². The Bertz CT molecular complexity index is 326. The van der Waals surface area contributed by atoms with Crippen molar-refractivity contribution >= 4 is 0 Å². The minimum absolute atomic E-state index is 0.387. The van der Waals surface area contributed by atoms with Crippen molar-refractivity contribution in [1.82, 2.24) is 4.90 Å². The summed E-state index contributed by atoms with van der Waals surface area (Å²) in [4.78, 5) is 2.23. The molecular weight excluding hydrogens is 188 g/mol. The number of hydrogen-bond donors (Lipinski definition) is 1. The van der Waals surface area contributed by atoms with Crippen LogP contribution in [0.15, 0.2) is 16.5 Å². The van der Waals surface area contributed by atoms with E-state index in [-0.39, 0.29) is 0 Å². The van der Waals surface area contributed by atoms with Gasteiger partial charge in [-0.05, 0) is 51.9 Å². The number of hydrogen-bond acceptors (Lipinski definition) is 3. The van der Waals surface area contributed by atoms with Gasteiger partial charge in [0.1, 0.15) is 11.5 Å². The highest BCUT2D eigenvalue weighted by Crippen LogP contribution is 2.40. The fourth-order valence-corrected chi connectivity index (χ4v) is 2.49. The molecule has 3 nitrogen and oxygen atoms in total. The lowest BCUT2D eigenvalue weighted by atomic mass is 9.75. The first-order valence-electron chi connectivity index (χ1n) is 5.56. The van der Waals surface area contributed by atoms with Crippen LogP contribution in [0.1, 0.15) is 30.4 Å². The van der Waals surface area contributed by atoms with Crippen molar-refractivity contribution in [2.45, 2.75) is 31.8 Å². The molecule has 1 atom stereocenters. The van der Waals surface area contributed by atoms with Crippen LogP contribution in [0.2, 0.25) is 0 Å². The lowest BCUT2D eigenvalue weighted by Gasteiger charge is -2.40. The van der Waals surface area contributed by atoms with E-state index in [1.165, 1.54) is 0 Å². The van der Waals surface area contributed by atoms with Crippen LogP contribution in [-0.4, -0.2) is 25.0 Å². The number of nitrogens with zero attached hydrogens (tertiary/aromatic N) is 1. The third-order valence-corrected chi connectivity index (χ3v) is 3.27. The molecule has 0 spiro atoms. The fraction of sp³-hybridized carbons (Fsp3) is 0.667. The topological polar surface area (TPSA) is 42.4 Å². The van der Waals surface area contributed by atoms with E-state index in [0.717, 1.165) is 24.4 Å². The number of aryl methyl sites for hydroxylation is 1. The molecule has 1 fully saturated rings. The predicted octanol–water partition coefficient (Wildman–Crippen LogP) is 1.93. The summed E-state index contributed by atoms with van der Waals surface area (Å²) in [5.74, 6) is 2.72. The van der Waals surface area contributed by atoms with Crippen LogP contribution in [0, 0.1) is 12.8 Å². The fourth-order valence-electron chi connectivity index (χ4n) is 2.49. The maximum absolute atomic E-state index is 5.84. The molecule has 0 bridgehead atoms. The van der Waals surface area contributed by atoms with Crippen LogP contribution in [-0.2, 0) is 0 Å². The zero-order valence-corrected chi connectivity index (χ0v) is 9.73. The van der Waals surface area contributed by atoms with Crippen molar-refractivity contribution in [1.29, 1.82) is 0 Å². The minimum Gasteiger partial charge on any atom is -0.465 e. The van der Waals surface area contributed by atoms with Gasteiger partial charge >= 0.3 is 0 Å². The SMILES string of the molecule is Cc1ccc(C(C2CC(N)C2)N(C)C)o1. The van der Waals surface area contributed by atoms with Crippen molar-refractivity contribution in [3.8, 4) is 0 Å². The highest BCUT2D eigenvalue weighted by atomic mass is 16.3. The molecule has 1 aromatic rings. The minimum atomic E-state index is 0.387. The molecule has 84 valence electrons. The summed E-state index contributed by atoms with van der Waals surface area (Å²) in [5.41, 5.74) is 5.84. The van der Waals surface area contributed by atoms with Crippen molar-refractivity contribution in [3.63, 3.8) is 0 Å². The molecular formula is C12H20N2O. The molecule has 0 aromatic carbocycles. The maximum Gasteiger partial charge on any atom is 0.121 e. The normalized spacial score (nSPS) is 27.8. The van der Waals surface area contributed by atoms with E-state index < -0.39 is 0 Å². The van der Waals surface area contributed by atoms with E-state index in [9.17, 15) is 0 Å². The van der Waals surface area contributed by atoms with E-state index in [1.54, 1.807) is 0 Å². The Labute approximate surface area is 91.2 Å². The third kappa shape index (κ3) is 2.08. The van der Waals surface area contributed by atoms with Crippen molar-refractivity contribution < 1.29 is 4.42 Å². The molecule has 0 amide bonds. The maximum atomic E-state index is 5.84. The van der Waals surface area contributed by atoms with Gasteiger partial charge in [0.2, 0.25) is 0 Å². The van der Waals surface area contributed by atoms with Crippen LogP contribution in [0.5, 0.6) is 0 Å². The van der Waals surface area contributed by atoms with Gasteiger partial charge in [-0.25, -0.2) is 0 Å². The Morgan fingerprint density at radius 2 is 2.07 bits per heavy atom. The molecule has 1 heterocycles. The van der Waals surface area contributed by atoms with Gasteiger partial charge in [-0.2, -0.15) is 0 Å². The Morgan fingerprint density at radius 1 is 1.40 bits per heavy atom. The second-order valence-corrected chi connectivity index (χ2v) is 4.85.